The Bertz CT molecular complexity index is 1460. The number of hydrogen-bond donors (Lipinski definition) is 0. The maximum absolute atomic E-state index is 12.8. The average Bonchev–Trinajstić information content (AvgIpc) is 3.12. The van der Waals surface area contributed by atoms with Gasteiger partial charge in [0.2, 0.25) is 0 Å². The van der Waals surface area contributed by atoms with Crippen LogP contribution >= 0.6 is 0 Å². The van der Waals surface area contributed by atoms with Gasteiger partial charge in [-0.1, -0.05) is 121 Å². The van der Waals surface area contributed by atoms with Crippen molar-refractivity contribution in [1.29, 1.82) is 5.26 Å². The summed E-state index contributed by atoms with van der Waals surface area (Å²) < 4.78 is 22.5. The number of benzene rings is 3. The zero-order chi connectivity index (χ0) is 35.1. The predicted molar refractivity (Wildman–Crippen MR) is 195 cm³/mol. The van der Waals surface area contributed by atoms with Crippen LogP contribution in [0.1, 0.15) is 110 Å². The third-order valence-electron chi connectivity index (χ3n) is 8.22. The summed E-state index contributed by atoms with van der Waals surface area (Å²) in [6.07, 6.45) is 16.4. The molecule has 0 fully saturated rings. The molecule has 3 rings (SSSR count). The molecular formula is C42H53NO6. The molecule has 262 valence electrons. The zero-order valence-corrected chi connectivity index (χ0v) is 29.6. The standard InChI is InChI=1S/C42H53NO6/c1-4-6-8-10-12-14-16-30-47-38-23-17-34(18-24-38)31-37(32-43)42(45)49-40-27-21-36(22-28-40)35-19-25-39(26-20-35)48-41(44)33(3)46-29-15-13-11-9-7-5-2/h17-28,31,33H,4-16,29-30H2,1-3H3/b37-31+. The molecule has 3 aromatic rings. The number of esters is 2. The largest absolute Gasteiger partial charge is 0.494 e. The lowest BCUT2D eigenvalue weighted by molar-refractivity contribution is -0.146. The minimum atomic E-state index is -0.731. The van der Waals surface area contributed by atoms with Crippen molar-refractivity contribution in [1.82, 2.24) is 0 Å². The van der Waals surface area contributed by atoms with Gasteiger partial charge in [0, 0.05) is 6.61 Å². The van der Waals surface area contributed by atoms with Crippen LogP contribution in [0.3, 0.4) is 0 Å². The third-order valence-corrected chi connectivity index (χ3v) is 8.22. The van der Waals surface area contributed by atoms with Crippen LogP contribution < -0.4 is 14.2 Å². The second kappa shape index (κ2) is 23.0. The fraction of sp³-hybridized carbons (Fsp3) is 0.452. The molecule has 0 radical (unpaired) electrons. The number of rotatable bonds is 23. The fourth-order valence-electron chi connectivity index (χ4n) is 5.22. The van der Waals surface area contributed by atoms with Gasteiger partial charge in [0.05, 0.1) is 6.61 Å². The summed E-state index contributed by atoms with van der Waals surface area (Å²) in [5.74, 6) is 0.375. The van der Waals surface area contributed by atoms with Gasteiger partial charge in [0.15, 0.2) is 6.10 Å². The van der Waals surface area contributed by atoms with E-state index in [0.717, 1.165) is 36.1 Å². The monoisotopic (exact) mass is 667 g/mol. The number of nitrogens with zero attached hydrogens (tertiary/aromatic N) is 1. The van der Waals surface area contributed by atoms with Crippen molar-refractivity contribution in [3.63, 3.8) is 0 Å². The van der Waals surface area contributed by atoms with Gasteiger partial charge in [-0.15, -0.1) is 0 Å². The molecule has 0 aliphatic heterocycles. The third kappa shape index (κ3) is 15.1. The highest BCUT2D eigenvalue weighted by molar-refractivity contribution is 5.99. The van der Waals surface area contributed by atoms with Crippen molar-refractivity contribution in [2.75, 3.05) is 13.2 Å². The van der Waals surface area contributed by atoms with Crippen molar-refractivity contribution >= 4 is 18.0 Å². The summed E-state index contributed by atoms with van der Waals surface area (Å²) in [6, 6.07) is 23.4. The first kappa shape index (κ1) is 39.0. The smallest absolute Gasteiger partial charge is 0.354 e. The van der Waals surface area contributed by atoms with Gasteiger partial charge in [-0.05, 0) is 78.9 Å². The Morgan fingerprint density at radius 3 is 1.63 bits per heavy atom. The van der Waals surface area contributed by atoms with E-state index in [9.17, 15) is 14.9 Å². The first-order chi connectivity index (χ1) is 23.9. The molecule has 3 aromatic carbocycles. The topological polar surface area (TPSA) is 94.9 Å². The Kier molecular flexibility index (Phi) is 18.3. The van der Waals surface area contributed by atoms with Crippen LogP contribution in [-0.4, -0.2) is 31.3 Å². The lowest BCUT2D eigenvalue weighted by Gasteiger charge is -2.13. The zero-order valence-electron chi connectivity index (χ0n) is 29.6. The van der Waals surface area contributed by atoms with E-state index < -0.39 is 18.0 Å². The molecule has 0 aromatic heterocycles. The molecule has 1 unspecified atom stereocenters. The number of hydrogen-bond acceptors (Lipinski definition) is 7. The molecule has 0 amide bonds. The van der Waals surface area contributed by atoms with E-state index in [4.69, 9.17) is 18.9 Å². The van der Waals surface area contributed by atoms with Crippen LogP contribution in [0.15, 0.2) is 78.4 Å². The summed E-state index contributed by atoms with van der Waals surface area (Å²) in [4.78, 5) is 25.2. The second-order valence-corrected chi connectivity index (χ2v) is 12.3. The van der Waals surface area contributed by atoms with Crippen LogP contribution in [0.5, 0.6) is 17.2 Å². The minimum absolute atomic E-state index is 0.104. The fourth-order valence-corrected chi connectivity index (χ4v) is 5.22. The SMILES string of the molecule is CCCCCCCCCOc1ccc(/C=C(\C#N)C(=O)Oc2ccc(-c3ccc(OC(=O)C(C)OCCCCCCCC)cc3)cc2)cc1. The molecule has 1 atom stereocenters. The van der Waals surface area contributed by atoms with Gasteiger partial charge in [0.1, 0.15) is 28.9 Å². The molecule has 0 aliphatic carbocycles. The molecule has 0 aliphatic rings. The highest BCUT2D eigenvalue weighted by Crippen LogP contribution is 2.26. The van der Waals surface area contributed by atoms with E-state index in [1.54, 1.807) is 31.2 Å². The van der Waals surface area contributed by atoms with E-state index >= 15 is 0 Å². The lowest BCUT2D eigenvalue weighted by atomic mass is 10.1. The summed E-state index contributed by atoms with van der Waals surface area (Å²) in [5.41, 5.74) is 2.39. The van der Waals surface area contributed by atoms with Crippen molar-refractivity contribution in [2.45, 2.75) is 110 Å². The van der Waals surface area contributed by atoms with Crippen molar-refractivity contribution in [3.05, 3.63) is 83.9 Å². The molecular weight excluding hydrogens is 614 g/mol. The van der Waals surface area contributed by atoms with Crippen LogP contribution in [-0.2, 0) is 14.3 Å². The lowest BCUT2D eigenvalue weighted by Crippen LogP contribution is -2.26. The first-order valence-electron chi connectivity index (χ1n) is 18.0. The molecule has 0 saturated heterocycles. The molecule has 0 spiro atoms. The Hall–Kier alpha value is -4.41. The quantitative estimate of drug-likeness (QED) is 0.0326. The van der Waals surface area contributed by atoms with E-state index in [0.29, 0.717) is 30.3 Å². The van der Waals surface area contributed by atoms with Gasteiger partial charge < -0.3 is 18.9 Å². The van der Waals surface area contributed by atoms with Crippen LogP contribution in [0, 0.1) is 11.3 Å². The Morgan fingerprint density at radius 2 is 1.10 bits per heavy atom. The minimum Gasteiger partial charge on any atom is -0.494 e. The first-order valence-corrected chi connectivity index (χ1v) is 18.0. The molecule has 0 saturated carbocycles. The van der Waals surface area contributed by atoms with Gasteiger partial charge in [0.25, 0.3) is 0 Å². The molecule has 7 heteroatoms. The number of carbonyl (C=O) groups excluding carboxylic acids is 2. The van der Waals surface area contributed by atoms with E-state index in [2.05, 4.69) is 13.8 Å². The van der Waals surface area contributed by atoms with E-state index in [-0.39, 0.29) is 5.57 Å². The van der Waals surface area contributed by atoms with Gasteiger partial charge in [-0.3, -0.25) is 0 Å². The number of carbonyl (C=O) groups is 2. The van der Waals surface area contributed by atoms with E-state index in [1.807, 2.05) is 54.6 Å². The Morgan fingerprint density at radius 1 is 0.633 bits per heavy atom. The highest BCUT2D eigenvalue weighted by Gasteiger charge is 2.16. The molecule has 7 nitrogen and oxygen atoms in total. The Labute approximate surface area is 293 Å². The Balaban J connectivity index is 1.43. The number of unbranched alkanes of at least 4 members (excludes halogenated alkanes) is 11. The summed E-state index contributed by atoms with van der Waals surface area (Å²) in [6.45, 7) is 7.35. The normalized spacial score (nSPS) is 11.8. The molecule has 0 N–H and O–H groups in total. The van der Waals surface area contributed by atoms with Gasteiger partial charge >= 0.3 is 11.9 Å². The molecule has 0 bridgehead atoms. The van der Waals surface area contributed by atoms with Crippen LogP contribution in [0.25, 0.3) is 17.2 Å². The average molecular weight is 668 g/mol. The predicted octanol–water partition coefficient (Wildman–Crippen LogP) is 10.7. The summed E-state index contributed by atoms with van der Waals surface area (Å²) in [7, 11) is 0. The van der Waals surface area contributed by atoms with Gasteiger partial charge in [-0.2, -0.15) is 5.26 Å². The van der Waals surface area contributed by atoms with Crippen LogP contribution in [0.4, 0.5) is 0 Å². The number of ether oxygens (including phenoxy) is 4. The maximum Gasteiger partial charge on any atom is 0.354 e. The summed E-state index contributed by atoms with van der Waals surface area (Å²) in [5, 5.41) is 9.62. The van der Waals surface area contributed by atoms with Crippen molar-refractivity contribution < 1.29 is 28.5 Å². The van der Waals surface area contributed by atoms with Gasteiger partial charge in [-0.25, -0.2) is 9.59 Å². The maximum atomic E-state index is 12.8. The number of nitriles is 1. The highest BCUT2D eigenvalue weighted by atomic mass is 16.6. The summed E-state index contributed by atoms with van der Waals surface area (Å²) >= 11 is 0. The van der Waals surface area contributed by atoms with Crippen molar-refractivity contribution in [3.8, 4) is 34.4 Å². The second-order valence-electron chi connectivity index (χ2n) is 12.3. The van der Waals surface area contributed by atoms with Crippen LogP contribution in [0.2, 0.25) is 0 Å². The molecule has 0 heterocycles. The molecule has 49 heavy (non-hydrogen) atoms. The van der Waals surface area contributed by atoms with E-state index in [1.165, 1.54) is 70.3 Å². The van der Waals surface area contributed by atoms with Crippen molar-refractivity contribution in [2.24, 2.45) is 0 Å².